The zero-order valence-corrected chi connectivity index (χ0v) is 15.6. The summed E-state index contributed by atoms with van der Waals surface area (Å²) >= 11 is 6.18. The fraction of sp³-hybridized carbons (Fsp3) is 0.190. The van der Waals surface area contributed by atoms with Crippen LogP contribution in [0.2, 0.25) is 5.02 Å². The molecule has 0 saturated carbocycles. The van der Waals surface area contributed by atoms with E-state index in [-0.39, 0.29) is 11.8 Å². The molecule has 5 nitrogen and oxygen atoms in total. The molecule has 6 heteroatoms. The van der Waals surface area contributed by atoms with Crippen LogP contribution in [0.3, 0.4) is 0 Å². The van der Waals surface area contributed by atoms with Gasteiger partial charge in [-0.1, -0.05) is 17.7 Å². The summed E-state index contributed by atoms with van der Waals surface area (Å²) < 4.78 is 0. The van der Waals surface area contributed by atoms with E-state index in [0.29, 0.717) is 22.0 Å². The average molecular weight is 380 g/mol. The molecule has 0 atom stereocenters. The van der Waals surface area contributed by atoms with Gasteiger partial charge in [-0.15, -0.1) is 0 Å². The fourth-order valence-electron chi connectivity index (χ4n) is 3.57. The molecule has 0 bridgehead atoms. The number of carbonyl (C=O) groups excluding carboxylic acids is 2. The van der Waals surface area contributed by atoms with Crippen molar-refractivity contribution in [3.05, 3.63) is 64.3 Å². The third-order valence-electron chi connectivity index (χ3n) is 4.64. The lowest BCUT2D eigenvalue weighted by Crippen LogP contribution is -2.16. The first kappa shape index (κ1) is 17.5. The minimum Gasteiger partial charge on any atom is -0.326 e. The first-order chi connectivity index (χ1) is 13.0. The van der Waals surface area contributed by atoms with Gasteiger partial charge in [0.15, 0.2) is 0 Å². The molecule has 2 amide bonds. The largest absolute Gasteiger partial charge is 0.326 e. The number of aromatic nitrogens is 1. The average Bonchev–Trinajstić information content (AvgIpc) is 3.07. The van der Waals surface area contributed by atoms with E-state index in [9.17, 15) is 9.59 Å². The van der Waals surface area contributed by atoms with Crippen LogP contribution in [-0.4, -0.2) is 16.8 Å². The van der Waals surface area contributed by atoms with Gasteiger partial charge in [-0.05, 0) is 61.2 Å². The number of halogens is 1. The molecule has 0 saturated heterocycles. The lowest BCUT2D eigenvalue weighted by Gasteiger charge is -2.13. The van der Waals surface area contributed by atoms with E-state index in [4.69, 9.17) is 16.6 Å². The van der Waals surface area contributed by atoms with E-state index in [1.54, 1.807) is 36.4 Å². The third kappa shape index (κ3) is 3.51. The van der Waals surface area contributed by atoms with Crippen LogP contribution in [0.1, 0.15) is 35.0 Å². The second-order valence-corrected chi connectivity index (χ2v) is 7.08. The minimum atomic E-state index is -0.192. The zero-order valence-electron chi connectivity index (χ0n) is 14.8. The zero-order chi connectivity index (χ0) is 19.0. The summed E-state index contributed by atoms with van der Waals surface area (Å²) in [7, 11) is 0. The fourth-order valence-corrected chi connectivity index (χ4v) is 3.74. The van der Waals surface area contributed by atoms with Crippen molar-refractivity contribution in [2.24, 2.45) is 0 Å². The molecule has 27 heavy (non-hydrogen) atoms. The molecule has 0 aliphatic heterocycles. The highest BCUT2D eigenvalue weighted by Gasteiger charge is 2.24. The molecule has 1 aliphatic carbocycles. The van der Waals surface area contributed by atoms with Gasteiger partial charge in [0.25, 0.3) is 5.91 Å². The van der Waals surface area contributed by atoms with Gasteiger partial charge < -0.3 is 10.6 Å². The molecule has 136 valence electrons. The van der Waals surface area contributed by atoms with Crippen LogP contribution in [-0.2, 0) is 17.6 Å². The molecule has 0 spiro atoms. The number of pyridine rings is 1. The predicted octanol–water partition coefficient (Wildman–Crippen LogP) is 4.59. The van der Waals surface area contributed by atoms with Gasteiger partial charge >= 0.3 is 0 Å². The second kappa shape index (κ2) is 7.00. The Balaban J connectivity index is 1.75. The monoisotopic (exact) mass is 379 g/mol. The van der Waals surface area contributed by atoms with Crippen LogP contribution in [0, 0.1) is 0 Å². The first-order valence-electron chi connectivity index (χ1n) is 8.81. The van der Waals surface area contributed by atoms with Gasteiger partial charge in [0.1, 0.15) is 0 Å². The Morgan fingerprint density at radius 2 is 1.81 bits per heavy atom. The molecule has 3 aromatic rings. The Kier molecular flexibility index (Phi) is 4.54. The highest BCUT2D eigenvalue weighted by Crippen LogP contribution is 2.32. The second-order valence-electron chi connectivity index (χ2n) is 6.64. The number of nitrogens with one attached hydrogen (secondary N) is 2. The molecule has 0 unspecified atom stereocenters. The number of hydrogen-bond donors (Lipinski definition) is 2. The summed E-state index contributed by atoms with van der Waals surface area (Å²) in [6.07, 6.45) is 2.70. The normalized spacial score (nSPS) is 12.7. The number of carbonyl (C=O) groups is 2. The molecule has 1 aliphatic rings. The maximum Gasteiger partial charge on any atom is 0.256 e. The van der Waals surface area contributed by atoms with Gasteiger partial charge in [-0.2, -0.15) is 0 Å². The summed E-state index contributed by atoms with van der Waals surface area (Å²) in [6.45, 7) is 1.45. The Hall–Kier alpha value is -2.92. The summed E-state index contributed by atoms with van der Waals surface area (Å²) in [6, 6.07) is 12.5. The van der Waals surface area contributed by atoms with Crippen molar-refractivity contribution in [3.8, 4) is 0 Å². The van der Waals surface area contributed by atoms with Crippen LogP contribution in [0.25, 0.3) is 10.9 Å². The molecule has 2 N–H and O–H groups in total. The third-order valence-corrected chi connectivity index (χ3v) is 4.88. The van der Waals surface area contributed by atoms with Crippen molar-refractivity contribution in [3.63, 3.8) is 0 Å². The Bertz CT molecular complexity index is 1080. The van der Waals surface area contributed by atoms with Crippen molar-refractivity contribution in [2.45, 2.75) is 26.2 Å². The van der Waals surface area contributed by atoms with Gasteiger partial charge in [0, 0.05) is 34.4 Å². The molecule has 2 aromatic carbocycles. The number of hydrogen-bond acceptors (Lipinski definition) is 3. The number of nitrogens with zero attached hydrogens (tertiary/aromatic N) is 1. The molecular formula is C21H18ClN3O2. The van der Waals surface area contributed by atoms with E-state index in [2.05, 4.69) is 10.6 Å². The van der Waals surface area contributed by atoms with E-state index >= 15 is 0 Å². The summed E-state index contributed by atoms with van der Waals surface area (Å²) in [5, 5.41) is 7.01. The topological polar surface area (TPSA) is 71.1 Å². The van der Waals surface area contributed by atoms with Crippen molar-refractivity contribution >= 4 is 45.7 Å². The SMILES string of the molecule is CC(=O)Nc1cccc(NC(=O)c2c3c(nc4ccc(Cl)cc24)CCC3)c1. The first-order valence-corrected chi connectivity index (χ1v) is 9.19. The maximum atomic E-state index is 13.2. The number of fused-ring (bicyclic) bond motifs is 2. The van der Waals surface area contributed by atoms with Crippen molar-refractivity contribution in [1.29, 1.82) is 0 Å². The van der Waals surface area contributed by atoms with Crippen molar-refractivity contribution < 1.29 is 9.59 Å². The van der Waals surface area contributed by atoms with Gasteiger partial charge in [-0.3, -0.25) is 14.6 Å². The van der Waals surface area contributed by atoms with Crippen molar-refractivity contribution in [1.82, 2.24) is 4.98 Å². The van der Waals surface area contributed by atoms with Gasteiger partial charge in [-0.25, -0.2) is 0 Å². The van der Waals surface area contributed by atoms with Gasteiger partial charge in [0.2, 0.25) is 5.91 Å². The lowest BCUT2D eigenvalue weighted by atomic mass is 10.0. The van der Waals surface area contributed by atoms with E-state index < -0.39 is 0 Å². The van der Waals surface area contributed by atoms with Gasteiger partial charge in [0.05, 0.1) is 11.1 Å². The summed E-state index contributed by atoms with van der Waals surface area (Å²) in [5.41, 5.74) is 4.65. The van der Waals surface area contributed by atoms with E-state index in [1.807, 2.05) is 6.07 Å². The Morgan fingerprint density at radius 3 is 2.59 bits per heavy atom. The molecule has 4 rings (SSSR count). The number of amides is 2. The predicted molar refractivity (Wildman–Crippen MR) is 107 cm³/mol. The van der Waals surface area contributed by atoms with Crippen LogP contribution in [0.5, 0.6) is 0 Å². The quantitative estimate of drug-likeness (QED) is 0.699. The van der Waals surface area contributed by atoms with Crippen LogP contribution in [0.4, 0.5) is 11.4 Å². The molecular weight excluding hydrogens is 362 g/mol. The number of aryl methyl sites for hydroxylation is 1. The Morgan fingerprint density at radius 1 is 1.04 bits per heavy atom. The smallest absolute Gasteiger partial charge is 0.256 e. The van der Waals surface area contributed by atoms with Crippen LogP contribution < -0.4 is 10.6 Å². The molecule has 1 heterocycles. The van der Waals surface area contributed by atoms with E-state index in [1.165, 1.54) is 6.92 Å². The molecule has 1 aromatic heterocycles. The Labute approximate surface area is 161 Å². The van der Waals surface area contributed by atoms with Crippen molar-refractivity contribution in [2.75, 3.05) is 10.6 Å². The summed E-state index contributed by atoms with van der Waals surface area (Å²) in [5.74, 6) is -0.353. The number of benzene rings is 2. The minimum absolute atomic E-state index is 0.161. The van der Waals surface area contributed by atoms with E-state index in [0.717, 1.165) is 41.4 Å². The lowest BCUT2D eigenvalue weighted by molar-refractivity contribution is -0.114. The highest BCUT2D eigenvalue weighted by molar-refractivity contribution is 6.31. The highest BCUT2D eigenvalue weighted by atomic mass is 35.5. The standard InChI is InChI=1S/C21H18ClN3O2/c1-12(26)23-14-4-2-5-15(11-14)24-21(27)20-16-6-3-7-18(16)25-19-9-8-13(22)10-17(19)20/h2,4-5,8-11H,3,6-7H2,1H3,(H,23,26)(H,24,27). The number of rotatable bonds is 3. The maximum absolute atomic E-state index is 13.2. The summed E-state index contributed by atoms with van der Waals surface area (Å²) in [4.78, 5) is 29.1. The van der Waals surface area contributed by atoms with Crippen LogP contribution >= 0.6 is 11.6 Å². The van der Waals surface area contributed by atoms with Crippen LogP contribution in [0.15, 0.2) is 42.5 Å². The number of anilines is 2. The molecule has 0 fully saturated rings. The molecule has 0 radical (unpaired) electrons.